The number of Topliss-reactive ketones (excluding diaryl/α,β-unsaturated/α-hetero) is 1. The molecule has 3 atom stereocenters. The van der Waals surface area contributed by atoms with Crippen molar-refractivity contribution in [3.63, 3.8) is 0 Å². The number of benzene rings is 3. The summed E-state index contributed by atoms with van der Waals surface area (Å²) in [6, 6.07) is 22.1. The summed E-state index contributed by atoms with van der Waals surface area (Å²) in [6.07, 6.45) is -0.720. The summed E-state index contributed by atoms with van der Waals surface area (Å²) in [6.45, 7) is 0. The van der Waals surface area contributed by atoms with E-state index in [9.17, 15) is 13.2 Å². The molecule has 0 saturated carbocycles. The van der Waals surface area contributed by atoms with Gasteiger partial charge >= 0.3 is 0 Å². The molecular weight excluding hydrogens is 396 g/mol. The molecule has 0 unspecified atom stereocenters. The van der Waals surface area contributed by atoms with Crippen LogP contribution in [0.5, 0.6) is 0 Å². The first-order valence-corrected chi connectivity index (χ1v) is 10.8. The third-order valence-electron chi connectivity index (χ3n) is 5.43. The normalized spacial score (nSPS) is 27.4. The van der Waals surface area contributed by atoms with Crippen molar-refractivity contribution in [1.82, 2.24) is 0 Å². The van der Waals surface area contributed by atoms with E-state index in [-0.39, 0.29) is 16.2 Å². The third-order valence-corrected chi connectivity index (χ3v) is 7.98. The van der Waals surface area contributed by atoms with E-state index in [2.05, 4.69) is 0 Å². The van der Waals surface area contributed by atoms with Crippen LogP contribution >= 0.6 is 11.6 Å². The first-order valence-electron chi connectivity index (χ1n) is 8.83. The van der Waals surface area contributed by atoms with Crippen molar-refractivity contribution in [2.45, 2.75) is 21.9 Å². The molecular formula is C22H15ClO4S. The number of sulfone groups is 1. The molecule has 2 heterocycles. The minimum Gasteiger partial charge on any atom is -0.350 e. The highest BCUT2D eigenvalue weighted by Gasteiger charge is 2.73. The maximum atomic E-state index is 13.6. The number of fused-ring (bicyclic) bond motifs is 1. The Morgan fingerprint density at radius 3 is 2.25 bits per heavy atom. The van der Waals surface area contributed by atoms with E-state index in [1.54, 1.807) is 72.8 Å². The fourth-order valence-corrected chi connectivity index (χ4v) is 6.65. The zero-order chi connectivity index (χ0) is 19.5. The first kappa shape index (κ1) is 17.6. The van der Waals surface area contributed by atoms with Gasteiger partial charge in [-0.25, -0.2) is 8.42 Å². The van der Waals surface area contributed by atoms with Crippen LogP contribution in [0.2, 0.25) is 5.02 Å². The lowest BCUT2D eigenvalue weighted by Crippen LogP contribution is -2.42. The van der Waals surface area contributed by atoms with Crippen LogP contribution in [0.15, 0.2) is 83.8 Å². The van der Waals surface area contributed by atoms with Crippen molar-refractivity contribution in [3.05, 3.63) is 101 Å². The molecule has 0 aliphatic carbocycles. The lowest BCUT2D eigenvalue weighted by Gasteiger charge is -2.30. The predicted molar refractivity (Wildman–Crippen MR) is 105 cm³/mol. The number of hydrogen-bond acceptors (Lipinski definition) is 4. The third kappa shape index (κ3) is 2.27. The van der Waals surface area contributed by atoms with Crippen LogP contribution < -0.4 is 0 Å². The molecule has 4 nitrogen and oxygen atoms in total. The van der Waals surface area contributed by atoms with E-state index in [1.165, 1.54) is 6.07 Å². The van der Waals surface area contributed by atoms with Gasteiger partial charge in [-0.15, -0.1) is 0 Å². The van der Waals surface area contributed by atoms with Gasteiger partial charge in [-0.2, -0.15) is 0 Å². The number of epoxide rings is 1. The summed E-state index contributed by atoms with van der Waals surface area (Å²) in [7, 11) is -3.86. The van der Waals surface area contributed by atoms with Crippen LogP contribution in [0.1, 0.15) is 32.8 Å². The standard InChI is InChI=1S/C22H15ClO4S/c23-17-12-6-4-10-15(17)20-22(27-20)19(24)16-11-5-7-13-18(16)28(25,26)21(22)14-8-2-1-3-9-14/h1-13,20-21H/t20-,21-,22-/m0/s1. The largest absolute Gasteiger partial charge is 0.350 e. The second-order valence-electron chi connectivity index (χ2n) is 6.97. The number of rotatable bonds is 2. The molecule has 5 rings (SSSR count). The Labute approximate surface area is 167 Å². The molecule has 2 aliphatic heterocycles. The Balaban J connectivity index is 1.78. The van der Waals surface area contributed by atoms with E-state index in [0.29, 0.717) is 16.1 Å². The van der Waals surface area contributed by atoms with Gasteiger partial charge < -0.3 is 4.74 Å². The van der Waals surface area contributed by atoms with Gasteiger partial charge in [-0.05, 0) is 23.8 Å². The summed E-state index contributed by atoms with van der Waals surface area (Å²) < 4.78 is 33.2. The van der Waals surface area contributed by atoms with E-state index in [0.717, 1.165) is 0 Å². The highest BCUT2D eigenvalue weighted by molar-refractivity contribution is 7.92. The zero-order valence-electron chi connectivity index (χ0n) is 14.6. The van der Waals surface area contributed by atoms with E-state index in [4.69, 9.17) is 16.3 Å². The van der Waals surface area contributed by atoms with Gasteiger partial charge in [0.1, 0.15) is 11.4 Å². The molecule has 6 heteroatoms. The molecule has 1 fully saturated rings. The van der Waals surface area contributed by atoms with Gasteiger partial charge in [0.25, 0.3) is 0 Å². The predicted octanol–water partition coefficient (Wildman–Crippen LogP) is 4.56. The smallest absolute Gasteiger partial charge is 0.200 e. The topological polar surface area (TPSA) is 63.7 Å². The first-order chi connectivity index (χ1) is 13.5. The van der Waals surface area contributed by atoms with Crippen molar-refractivity contribution in [1.29, 1.82) is 0 Å². The maximum Gasteiger partial charge on any atom is 0.200 e. The van der Waals surface area contributed by atoms with Gasteiger partial charge in [-0.3, -0.25) is 4.79 Å². The van der Waals surface area contributed by atoms with Gasteiger partial charge in [0.2, 0.25) is 5.78 Å². The van der Waals surface area contributed by atoms with Crippen LogP contribution in [-0.4, -0.2) is 19.8 Å². The second kappa shape index (κ2) is 6.01. The lowest BCUT2D eigenvalue weighted by molar-refractivity contribution is 0.0856. The fraction of sp³-hybridized carbons (Fsp3) is 0.136. The van der Waals surface area contributed by atoms with Crippen LogP contribution in [0.25, 0.3) is 0 Å². The molecule has 1 saturated heterocycles. The summed E-state index contributed by atoms with van der Waals surface area (Å²) in [5, 5.41) is -0.690. The molecule has 28 heavy (non-hydrogen) atoms. The van der Waals surface area contributed by atoms with Crippen LogP contribution in [0.4, 0.5) is 0 Å². The maximum absolute atomic E-state index is 13.6. The summed E-state index contributed by atoms with van der Waals surface area (Å²) in [5.74, 6) is -0.323. The Morgan fingerprint density at radius 2 is 1.50 bits per heavy atom. The number of carbonyl (C=O) groups excluding carboxylic acids is 1. The molecule has 0 N–H and O–H groups in total. The minimum absolute atomic E-state index is 0.0490. The molecule has 0 aromatic heterocycles. The van der Waals surface area contributed by atoms with Crippen molar-refractivity contribution >= 4 is 27.2 Å². The van der Waals surface area contributed by atoms with Crippen LogP contribution in [0, 0.1) is 0 Å². The number of halogens is 1. The molecule has 140 valence electrons. The molecule has 3 aromatic rings. The van der Waals surface area contributed by atoms with Gasteiger partial charge in [-0.1, -0.05) is 72.3 Å². The SMILES string of the molecule is O=C1c2ccccc2S(=O)(=O)[C@@H](c2ccccc2)[C@]12O[C@H]2c1ccccc1Cl. The average Bonchev–Trinajstić information content (AvgIpc) is 3.43. The second-order valence-corrected chi connectivity index (χ2v) is 9.38. The highest BCUT2D eigenvalue weighted by Crippen LogP contribution is 2.64. The number of ketones is 1. The number of ether oxygens (including phenoxy) is 1. The molecule has 2 aliphatic rings. The Bertz CT molecular complexity index is 1210. The number of hydrogen-bond donors (Lipinski definition) is 0. The van der Waals surface area contributed by atoms with Gasteiger partial charge in [0, 0.05) is 16.1 Å². The van der Waals surface area contributed by atoms with Crippen LogP contribution in [-0.2, 0) is 14.6 Å². The minimum atomic E-state index is -3.86. The molecule has 0 bridgehead atoms. The summed E-state index contributed by atoms with van der Waals surface area (Å²) >= 11 is 6.33. The van der Waals surface area contributed by atoms with Gasteiger partial charge in [0.15, 0.2) is 15.4 Å². The molecule has 0 amide bonds. The fourth-order valence-electron chi connectivity index (χ4n) is 4.16. The lowest BCUT2D eigenvalue weighted by atomic mass is 9.85. The Morgan fingerprint density at radius 1 is 0.857 bits per heavy atom. The quantitative estimate of drug-likeness (QED) is 0.581. The average molecular weight is 411 g/mol. The Hall–Kier alpha value is -2.47. The van der Waals surface area contributed by atoms with Crippen molar-refractivity contribution in [2.75, 3.05) is 0 Å². The van der Waals surface area contributed by atoms with E-state index >= 15 is 0 Å². The molecule has 1 spiro atoms. The van der Waals surface area contributed by atoms with Crippen molar-refractivity contribution in [2.24, 2.45) is 0 Å². The highest BCUT2D eigenvalue weighted by atomic mass is 35.5. The molecule has 3 aromatic carbocycles. The summed E-state index contributed by atoms with van der Waals surface area (Å²) in [5.41, 5.74) is -0.198. The Kier molecular flexibility index (Phi) is 3.78. The van der Waals surface area contributed by atoms with E-state index in [1.807, 2.05) is 0 Å². The number of carbonyl (C=O) groups is 1. The summed E-state index contributed by atoms with van der Waals surface area (Å²) in [4.78, 5) is 13.6. The molecule has 0 radical (unpaired) electrons. The van der Waals surface area contributed by atoms with E-state index < -0.39 is 26.8 Å². The van der Waals surface area contributed by atoms with Crippen molar-refractivity contribution in [3.8, 4) is 0 Å². The van der Waals surface area contributed by atoms with Gasteiger partial charge in [0.05, 0.1) is 4.90 Å². The zero-order valence-corrected chi connectivity index (χ0v) is 16.2. The van der Waals surface area contributed by atoms with Crippen molar-refractivity contribution < 1.29 is 17.9 Å². The monoisotopic (exact) mass is 410 g/mol. The van der Waals surface area contributed by atoms with Crippen LogP contribution in [0.3, 0.4) is 0 Å².